The number of carbonyl (C=O) groups is 1. The van der Waals surface area contributed by atoms with Gasteiger partial charge in [-0.2, -0.15) is 0 Å². The van der Waals surface area contributed by atoms with Crippen molar-refractivity contribution in [1.82, 2.24) is 10.3 Å². The van der Waals surface area contributed by atoms with Crippen LogP contribution in [0, 0.1) is 27.7 Å². The molecule has 4 rings (SSSR count). The van der Waals surface area contributed by atoms with Gasteiger partial charge in [-0.25, -0.2) is 4.79 Å². The highest BCUT2D eigenvalue weighted by Gasteiger charge is 2.05. The van der Waals surface area contributed by atoms with Crippen LogP contribution in [0.2, 0.25) is 0 Å². The quantitative estimate of drug-likeness (QED) is 0.324. The maximum Gasteiger partial charge on any atom is 0.319 e. The van der Waals surface area contributed by atoms with E-state index in [2.05, 4.69) is 79.7 Å². The first-order valence-electron chi connectivity index (χ1n) is 12.1. The summed E-state index contributed by atoms with van der Waals surface area (Å²) in [7, 11) is 0. The summed E-state index contributed by atoms with van der Waals surface area (Å²) in [4.78, 5) is 16.2. The van der Waals surface area contributed by atoms with E-state index in [1.807, 2.05) is 24.3 Å². The number of hydrogen-bond acceptors (Lipinski definition) is 3. The first-order chi connectivity index (χ1) is 16.9. The summed E-state index contributed by atoms with van der Waals surface area (Å²) in [6.45, 7) is 9.80. The largest absolute Gasteiger partial charge is 0.338 e. The number of urea groups is 1. The molecule has 1 heterocycles. The zero-order valence-electron chi connectivity index (χ0n) is 21.2. The number of anilines is 1. The van der Waals surface area contributed by atoms with Crippen molar-refractivity contribution < 1.29 is 4.79 Å². The molecule has 3 aromatic carbocycles. The zero-order valence-corrected chi connectivity index (χ0v) is 21.2. The van der Waals surface area contributed by atoms with Crippen LogP contribution in [-0.4, -0.2) is 24.1 Å². The van der Waals surface area contributed by atoms with Crippen LogP contribution in [0.15, 0.2) is 73.1 Å². The maximum atomic E-state index is 12.1. The van der Waals surface area contributed by atoms with Crippen LogP contribution in [0.25, 0.3) is 10.8 Å². The molecule has 0 aliphatic heterocycles. The van der Waals surface area contributed by atoms with Crippen molar-refractivity contribution in [1.29, 1.82) is 0 Å². The number of benzene rings is 3. The lowest BCUT2D eigenvalue weighted by molar-refractivity contribution is 0.252. The number of amides is 2. The summed E-state index contributed by atoms with van der Waals surface area (Å²) in [6.07, 6.45) is 5.32. The van der Waals surface area contributed by atoms with Gasteiger partial charge in [0.1, 0.15) is 0 Å². The smallest absolute Gasteiger partial charge is 0.319 e. The van der Waals surface area contributed by atoms with Crippen molar-refractivity contribution in [3.05, 3.63) is 106 Å². The topological polar surface area (TPSA) is 80.0 Å². The Kier molecular flexibility index (Phi) is 9.39. The predicted molar refractivity (Wildman–Crippen MR) is 147 cm³/mol. The Morgan fingerprint density at radius 1 is 0.829 bits per heavy atom. The summed E-state index contributed by atoms with van der Waals surface area (Å²) in [5, 5.41) is 7.81. The minimum atomic E-state index is -0.192. The number of aromatic nitrogens is 1. The molecule has 0 atom stereocenters. The monoisotopic (exact) mass is 468 g/mol. The SMILES string of the molecule is Cc1ccc(CCN)cc1C.Cc1ccc(CCNC(=O)Nc2cccc3cnccc23)cc1C. The molecule has 2 amide bonds. The van der Waals surface area contributed by atoms with Gasteiger partial charge in [0.05, 0.1) is 5.69 Å². The fourth-order valence-corrected chi connectivity index (χ4v) is 3.80. The molecule has 0 aliphatic rings. The van der Waals surface area contributed by atoms with Gasteiger partial charge in [-0.1, -0.05) is 48.5 Å². The lowest BCUT2D eigenvalue weighted by Gasteiger charge is -2.10. The number of nitrogens with zero attached hydrogens (tertiary/aromatic N) is 1. The van der Waals surface area contributed by atoms with Crippen molar-refractivity contribution in [2.24, 2.45) is 5.73 Å². The van der Waals surface area contributed by atoms with Gasteiger partial charge in [-0.15, -0.1) is 0 Å². The molecular formula is C30H36N4O. The van der Waals surface area contributed by atoms with E-state index < -0.39 is 0 Å². The van der Waals surface area contributed by atoms with Crippen molar-refractivity contribution in [2.45, 2.75) is 40.5 Å². The lowest BCUT2D eigenvalue weighted by atomic mass is 10.0. The molecule has 1 aromatic heterocycles. The van der Waals surface area contributed by atoms with Crippen molar-refractivity contribution in [3.63, 3.8) is 0 Å². The first-order valence-corrected chi connectivity index (χ1v) is 12.1. The van der Waals surface area contributed by atoms with Crippen LogP contribution in [0.1, 0.15) is 33.4 Å². The van der Waals surface area contributed by atoms with Crippen molar-refractivity contribution in [2.75, 3.05) is 18.4 Å². The molecule has 5 nitrogen and oxygen atoms in total. The van der Waals surface area contributed by atoms with E-state index in [9.17, 15) is 4.79 Å². The Hall–Kier alpha value is -3.70. The number of pyridine rings is 1. The van der Waals surface area contributed by atoms with Gasteiger partial charge < -0.3 is 16.4 Å². The van der Waals surface area contributed by atoms with E-state index in [-0.39, 0.29) is 6.03 Å². The lowest BCUT2D eigenvalue weighted by Crippen LogP contribution is -2.30. The van der Waals surface area contributed by atoms with Crippen molar-refractivity contribution >= 4 is 22.5 Å². The minimum absolute atomic E-state index is 0.192. The number of hydrogen-bond donors (Lipinski definition) is 3. The number of aryl methyl sites for hydroxylation is 4. The fourth-order valence-electron chi connectivity index (χ4n) is 3.80. The zero-order chi connectivity index (χ0) is 25.2. The Morgan fingerprint density at radius 3 is 2.11 bits per heavy atom. The second-order valence-corrected chi connectivity index (χ2v) is 8.91. The van der Waals surface area contributed by atoms with Gasteiger partial charge in [0.15, 0.2) is 0 Å². The van der Waals surface area contributed by atoms with Crippen LogP contribution >= 0.6 is 0 Å². The van der Waals surface area contributed by atoms with Gasteiger partial charge in [0.2, 0.25) is 0 Å². The highest BCUT2D eigenvalue weighted by atomic mass is 16.2. The molecule has 0 aliphatic carbocycles. The number of rotatable bonds is 6. The molecular weight excluding hydrogens is 432 g/mol. The standard InChI is InChI=1S/C20H21N3O.C10H15N/c1-14-6-7-16(12-15(14)2)8-11-22-20(24)23-19-5-3-4-17-13-21-10-9-18(17)19;1-8-3-4-10(5-6-11)7-9(8)2/h3-7,9-10,12-13H,8,11H2,1-2H3,(H2,22,23,24);3-4,7H,5-6,11H2,1-2H3. The average Bonchev–Trinajstić information content (AvgIpc) is 2.84. The predicted octanol–water partition coefficient (Wildman–Crippen LogP) is 6.02. The molecule has 4 aromatic rings. The van der Waals surface area contributed by atoms with E-state index >= 15 is 0 Å². The van der Waals surface area contributed by atoms with Crippen LogP contribution in [-0.2, 0) is 12.8 Å². The average molecular weight is 469 g/mol. The molecule has 35 heavy (non-hydrogen) atoms. The molecule has 5 heteroatoms. The molecule has 0 saturated heterocycles. The van der Waals surface area contributed by atoms with E-state index in [0.29, 0.717) is 6.54 Å². The van der Waals surface area contributed by atoms with Gasteiger partial charge >= 0.3 is 6.03 Å². The molecule has 0 saturated carbocycles. The summed E-state index contributed by atoms with van der Waals surface area (Å²) < 4.78 is 0. The normalized spacial score (nSPS) is 10.4. The van der Waals surface area contributed by atoms with E-state index in [1.54, 1.807) is 12.4 Å². The number of carbonyl (C=O) groups excluding carboxylic acids is 1. The highest BCUT2D eigenvalue weighted by molar-refractivity contribution is 6.01. The summed E-state index contributed by atoms with van der Waals surface area (Å²) in [5.41, 5.74) is 14.1. The van der Waals surface area contributed by atoms with Crippen LogP contribution in [0.4, 0.5) is 10.5 Å². The molecule has 0 bridgehead atoms. The molecule has 0 spiro atoms. The number of fused-ring (bicyclic) bond motifs is 1. The second kappa shape index (κ2) is 12.7. The third-order valence-corrected chi connectivity index (χ3v) is 6.20. The highest BCUT2D eigenvalue weighted by Crippen LogP contribution is 2.21. The van der Waals surface area contributed by atoms with Gasteiger partial charge in [0, 0.05) is 29.7 Å². The van der Waals surface area contributed by atoms with Gasteiger partial charge in [-0.05, 0) is 92.6 Å². The van der Waals surface area contributed by atoms with Crippen molar-refractivity contribution in [3.8, 4) is 0 Å². The summed E-state index contributed by atoms with van der Waals surface area (Å²) in [5.74, 6) is 0. The third kappa shape index (κ3) is 7.66. The maximum absolute atomic E-state index is 12.1. The summed E-state index contributed by atoms with van der Waals surface area (Å²) in [6, 6.07) is 20.4. The summed E-state index contributed by atoms with van der Waals surface area (Å²) >= 11 is 0. The molecule has 0 unspecified atom stereocenters. The molecule has 4 N–H and O–H groups in total. The minimum Gasteiger partial charge on any atom is -0.338 e. The first kappa shape index (κ1) is 25.9. The van der Waals surface area contributed by atoms with E-state index in [4.69, 9.17) is 5.73 Å². The fraction of sp³-hybridized carbons (Fsp3) is 0.267. The van der Waals surface area contributed by atoms with E-state index in [1.165, 1.54) is 33.4 Å². The Morgan fingerprint density at radius 2 is 1.49 bits per heavy atom. The Labute approximate surface area is 208 Å². The second-order valence-electron chi connectivity index (χ2n) is 8.91. The number of nitrogens with one attached hydrogen (secondary N) is 2. The third-order valence-electron chi connectivity index (χ3n) is 6.20. The van der Waals surface area contributed by atoms with Crippen LogP contribution < -0.4 is 16.4 Å². The van der Waals surface area contributed by atoms with Crippen LogP contribution in [0.5, 0.6) is 0 Å². The Balaban J connectivity index is 0.000000261. The molecule has 0 radical (unpaired) electrons. The van der Waals surface area contributed by atoms with E-state index in [0.717, 1.165) is 35.8 Å². The Bertz CT molecular complexity index is 1280. The molecule has 182 valence electrons. The number of nitrogens with two attached hydrogens (primary N) is 1. The van der Waals surface area contributed by atoms with Crippen LogP contribution in [0.3, 0.4) is 0 Å². The molecule has 0 fully saturated rings. The van der Waals surface area contributed by atoms with Gasteiger partial charge in [-0.3, -0.25) is 4.98 Å². The van der Waals surface area contributed by atoms with Gasteiger partial charge in [0.25, 0.3) is 0 Å².